The molecule has 0 fully saturated rings. The van der Waals surface area contributed by atoms with E-state index in [1.165, 1.54) is 19.1 Å². The van der Waals surface area contributed by atoms with Crippen molar-refractivity contribution in [1.29, 1.82) is 0 Å². The van der Waals surface area contributed by atoms with Gasteiger partial charge in [0.1, 0.15) is 0 Å². The lowest BCUT2D eigenvalue weighted by Gasteiger charge is -2.24. The number of hydrogen-bond donors (Lipinski definition) is 0. The van der Waals surface area contributed by atoms with Crippen LogP contribution in [0.1, 0.15) is 40.2 Å². The van der Waals surface area contributed by atoms with Crippen LogP contribution in [0, 0.1) is 4.91 Å². The van der Waals surface area contributed by atoms with Gasteiger partial charge >= 0.3 is 6.18 Å². The molecule has 1 unspecified atom stereocenters. The van der Waals surface area contributed by atoms with Crippen molar-refractivity contribution in [3.8, 4) is 0 Å². The van der Waals surface area contributed by atoms with Crippen LogP contribution < -0.4 is 0 Å². The highest BCUT2D eigenvalue weighted by atomic mass is 19.4. The van der Waals surface area contributed by atoms with Crippen molar-refractivity contribution in [2.45, 2.75) is 32.0 Å². The van der Waals surface area contributed by atoms with E-state index in [2.05, 4.69) is 5.29 Å². The maximum atomic E-state index is 12.9. The van der Waals surface area contributed by atoms with E-state index in [9.17, 15) is 18.1 Å². The van der Waals surface area contributed by atoms with Crippen molar-refractivity contribution >= 4 is 10.8 Å². The van der Waals surface area contributed by atoms with E-state index in [-0.39, 0.29) is 18.4 Å². The van der Waals surface area contributed by atoms with Crippen LogP contribution in [0.15, 0.2) is 72.0 Å². The van der Waals surface area contributed by atoms with Gasteiger partial charge in [0.2, 0.25) is 0 Å². The largest absolute Gasteiger partial charge is 0.416 e. The van der Waals surface area contributed by atoms with Gasteiger partial charge in [0.15, 0.2) is 0 Å². The molecule has 0 aliphatic carbocycles. The molecule has 1 atom stereocenters. The van der Waals surface area contributed by atoms with Crippen LogP contribution in [-0.4, -0.2) is 11.5 Å². The minimum absolute atomic E-state index is 0.0610. The van der Waals surface area contributed by atoms with Gasteiger partial charge in [0.25, 0.3) is 0 Å². The van der Waals surface area contributed by atoms with Gasteiger partial charge in [-0.2, -0.15) is 13.2 Å². The highest BCUT2D eigenvalue weighted by Crippen LogP contribution is 2.30. The number of nitroso groups, excluding NO2 is 1. The van der Waals surface area contributed by atoms with E-state index >= 15 is 0 Å². The number of benzene rings is 3. The molecule has 3 aromatic rings. The molecule has 0 amide bonds. The second-order valence-electron chi connectivity index (χ2n) is 6.36. The standard InChI is InChI=1S/C22H21F3N2O/c1-16(20-13-5-10-18-9-2-3-12-21(18)20)27(26-28)14-6-8-17-7-4-11-19(15-17)22(23,24)25/h2-5,7,9-13,15-16H,6,8,14H2,1H3/i14D2,16D. The number of hydrogen-bond acceptors (Lipinski definition) is 2. The average molecular weight is 389 g/mol. The molecular weight excluding hydrogens is 365 g/mol. The van der Waals surface area contributed by atoms with Crippen LogP contribution in [0.3, 0.4) is 0 Å². The Morgan fingerprint density at radius 2 is 1.82 bits per heavy atom. The smallest absolute Gasteiger partial charge is 0.254 e. The molecule has 0 N–H and O–H groups in total. The van der Waals surface area contributed by atoms with E-state index in [1.807, 2.05) is 18.2 Å². The van der Waals surface area contributed by atoms with Crippen molar-refractivity contribution in [1.82, 2.24) is 5.01 Å². The Bertz CT molecular complexity index is 1080. The minimum Gasteiger partial charge on any atom is -0.254 e. The van der Waals surface area contributed by atoms with Gasteiger partial charge in [-0.25, -0.2) is 0 Å². The molecule has 28 heavy (non-hydrogen) atoms. The molecule has 0 heterocycles. The van der Waals surface area contributed by atoms with Crippen LogP contribution in [0.5, 0.6) is 0 Å². The summed E-state index contributed by atoms with van der Waals surface area (Å²) in [7, 11) is 0. The van der Waals surface area contributed by atoms with E-state index in [0.29, 0.717) is 16.0 Å². The molecule has 3 nitrogen and oxygen atoms in total. The zero-order valence-electron chi connectivity index (χ0n) is 18.2. The molecule has 0 bridgehead atoms. The normalized spacial score (nSPS) is 15.9. The summed E-state index contributed by atoms with van der Waals surface area (Å²) in [5.41, 5.74) is -0.147. The minimum atomic E-state index is -4.50. The number of nitrogens with zero attached hydrogens (tertiary/aromatic N) is 2. The number of alkyl halides is 3. The van der Waals surface area contributed by atoms with Crippen molar-refractivity contribution in [2.75, 3.05) is 6.50 Å². The fourth-order valence-corrected chi connectivity index (χ4v) is 3.07. The summed E-state index contributed by atoms with van der Waals surface area (Å²) in [6.45, 7) is -0.998. The number of fused-ring (bicyclic) bond motifs is 1. The summed E-state index contributed by atoms with van der Waals surface area (Å²) in [6.07, 6.45) is -4.88. The van der Waals surface area contributed by atoms with E-state index in [0.717, 1.165) is 17.5 Å². The van der Waals surface area contributed by atoms with Crippen molar-refractivity contribution in [2.24, 2.45) is 5.29 Å². The van der Waals surface area contributed by atoms with Crippen LogP contribution in [-0.2, 0) is 12.6 Å². The number of halogens is 3. The molecule has 0 spiro atoms. The molecule has 0 aliphatic heterocycles. The average Bonchev–Trinajstić information content (AvgIpc) is 2.71. The Balaban J connectivity index is 1.89. The van der Waals surface area contributed by atoms with Crippen molar-refractivity contribution < 1.29 is 17.3 Å². The quantitative estimate of drug-likeness (QED) is 0.340. The fourth-order valence-electron chi connectivity index (χ4n) is 3.07. The predicted molar refractivity (Wildman–Crippen MR) is 105 cm³/mol. The molecule has 0 aliphatic rings. The molecule has 3 rings (SSSR count). The van der Waals surface area contributed by atoms with Gasteiger partial charge in [0, 0.05) is 6.50 Å². The number of aryl methyl sites for hydroxylation is 1. The van der Waals surface area contributed by atoms with E-state index in [1.54, 1.807) is 24.3 Å². The summed E-state index contributed by atoms with van der Waals surface area (Å²) in [5.74, 6) is 0. The van der Waals surface area contributed by atoms with E-state index in [4.69, 9.17) is 4.11 Å². The third-order valence-electron chi connectivity index (χ3n) is 4.51. The predicted octanol–water partition coefficient (Wildman–Crippen LogP) is 6.54. The fraction of sp³-hybridized carbons (Fsp3) is 0.273. The molecule has 0 aromatic heterocycles. The Labute approximate surface area is 165 Å². The topological polar surface area (TPSA) is 32.7 Å². The van der Waals surface area contributed by atoms with Gasteiger partial charge in [-0.05, 0) is 47.7 Å². The summed E-state index contributed by atoms with van der Waals surface area (Å²) >= 11 is 0. The Kier molecular flexibility index (Phi) is 4.84. The zero-order valence-corrected chi connectivity index (χ0v) is 15.2. The Morgan fingerprint density at radius 3 is 2.57 bits per heavy atom. The lowest BCUT2D eigenvalue weighted by atomic mass is 9.99. The summed E-state index contributed by atoms with van der Waals surface area (Å²) in [4.78, 5) is 11.7. The second kappa shape index (κ2) is 8.42. The molecular formula is C22H21F3N2O. The van der Waals surface area contributed by atoms with Crippen LogP contribution in [0.25, 0.3) is 10.8 Å². The highest BCUT2D eigenvalue weighted by Gasteiger charge is 2.30. The first-order chi connectivity index (χ1) is 14.5. The van der Waals surface area contributed by atoms with Crippen LogP contribution in [0.2, 0.25) is 0 Å². The van der Waals surface area contributed by atoms with Gasteiger partial charge in [-0.3, -0.25) is 5.01 Å². The molecule has 0 saturated heterocycles. The summed E-state index contributed by atoms with van der Waals surface area (Å²) in [5, 5.41) is 4.87. The molecule has 0 radical (unpaired) electrons. The maximum Gasteiger partial charge on any atom is 0.416 e. The Morgan fingerprint density at radius 1 is 1.11 bits per heavy atom. The van der Waals surface area contributed by atoms with Gasteiger partial charge in [-0.15, -0.1) is 4.91 Å². The summed E-state index contributed by atoms with van der Waals surface area (Å²) < 4.78 is 64.4. The zero-order chi connectivity index (χ0) is 22.9. The van der Waals surface area contributed by atoms with Gasteiger partial charge < -0.3 is 0 Å². The van der Waals surface area contributed by atoms with Crippen molar-refractivity contribution in [3.05, 3.63) is 88.3 Å². The van der Waals surface area contributed by atoms with Crippen LogP contribution in [0.4, 0.5) is 13.2 Å². The molecule has 6 heteroatoms. The first-order valence-corrected chi connectivity index (χ1v) is 8.75. The molecule has 3 aromatic carbocycles. The van der Waals surface area contributed by atoms with E-state index < -0.39 is 24.3 Å². The highest BCUT2D eigenvalue weighted by molar-refractivity contribution is 5.86. The first-order valence-electron chi connectivity index (χ1n) is 10.2. The van der Waals surface area contributed by atoms with Crippen molar-refractivity contribution in [3.63, 3.8) is 0 Å². The maximum absolute atomic E-state index is 12.9. The second-order valence-corrected chi connectivity index (χ2v) is 6.36. The Hall–Kier alpha value is -2.89. The summed E-state index contributed by atoms with van der Waals surface area (Å²) in [6, 6.07) is 15.2. The molecule has 0 saturated carbocycles. The van der Waals surface area contributed by atoms with Gasteiger partial charge in [-0.1, -0.05) is 60.7 Å². The lowest BCUT2D eigenvalue weighted by Crippen LogP contribution is -2.22. The first kappa shape index (κ1) is 16.1. The third-order valence-corrected chi connectivity index (χ3v) is 4.51. The van der Waals surface area contributed by atoms with Crippen LogP contribution >= 0.6 is 0 Å². The number of rotatable bonds is 7. The van der Waals surface area contributed by atoms with Gasteiger partial charge in [0.05, 0.1) is 21.0 Å². The monoisotopic (exact) mass is 389 g/mol. The lowest BCUT2D eigenvalue weighted by molar-refractivity contribution is -0.137. The molecule has 146 valence electrons. The third kappa shape index (κ3) is 4.50. The SMILES string of the molecule is [2H]C([2H])(CCc1cccc(C(F)(F)F)c1)N(N=O)C([2H])(C)c1cccc2ccccc12.